The Labute approximate surface area is 155 Å². The number of nitrogens with one attached hydrogen (secondary N) is 2. The molecule has 0 spiro atoms. The molecule has 1 aromatic carbocycles. The van der Waals surface area contributed by atoms with Crippen LogP contribution in [-0.2, 0) is 4.79 Å². The first-order chi connectivity index (χ1) is 13.1. The number of pyridine rings is 1. The number of aromatic nitrogens is 1. The Morgan fingerprint density at radius 2 is 1.86 bits per heavy atom. The number of amides is 2. The van der Waals surface area contributed by atoms with Gasteiger partial charge in [-0.2, -0.15) is 13.2 Å². The maximum Gasteiger partial charge on any atom is 0.422 e. The molecule has 6 nitrogen and oxygen atoms in total. The summed E-state index contributed by atoms with van der Waals surface area (Å²) in [7, 11) is 1.29. The van der Waals surface area contributed by atoms with Gasteiger partial charge in [-0.3, -0.25) is 9.59 Å². The van der Waals surface area contributed by atoms with Crippen molar-refractivity contribution >= 4 is 11.8 Å². The van der Waals surface area contributed by atoms with E-state index in [9.17, 15) is 31.5 Å². The zero-order valence-electron chi connectivity index (χ0n) is 14.3. The number of hydrogen-bond acceptors (Lipinski definition) is 4. The molecule has 150 valence electrons. The summed E-state index contributed by atoms with van der Waals surface area (Å²) in [5.41, 5.74) is -0.0967. The highest BCUT2D eigenvalue weighted by molar-refractivity contribution is 5.97. The van der Waals surface area contributed by atoms with Crippen LogP contribution in [0.1, 0.15) is 22.0 Å². The van der Waals surface area contributed by atoms with E-state index in [1.165, 1.54) is 7.05 Å². The van der Waals surface area contributed by atoms with Crippen LogP contribution >= 0.6 is 0 Å². The second kappa shape index (κ2) is 8.63. The number of carbonyl (C=O) groups is 2. The predicted molar refractivity (Wildman–Crippen MR) is 86.4 cm³/mol. The molecule has 0 saturated carbocycles. The van der Waals surface area contributed by atoms with Gasteiger partial charge in [0, 0.05) is 19.3 Å². The number of halogens is 5. The maximum absolute atomic E-state index is 13.4. The molecule has 2 rings (SSSR count). The van der Waals surface area contributed by atoms with E-state index in [1.807, 2.05) is 0 Å². The summed E-state index contributed by atoms with van der Waals surface area (Å²) in [5, 5.41) is 4.60. The molecule has 0 radical (unpaired) electrons. The number of benzene rings is 1. The van der Waals surface area contributed by atoms with Crippen LogP contribution in [0.2, 0.25) is 0 Å². The van der Waals surface area contributed by atoms with Crippen LogP contribution in [0.4, 0.5) is 22.0 Å². The van der Waals surface area contributed by atoms with Crippen LogP contribution in [-0.4, -0.2) is 36.6 Å². The van der Waals surface area contributed by atoms with Crippen molar-refractivity contribution in [1.82, 2.24) is 15.6 Å². The normalized spacial score (nSPS) is 12.2. The van der Waals surface area contributed by atoms with E-state index in [2.05, 4.69) is 20.4 Å². The van der Waals surface area contributed by atoms with Gasteiger partial charge >= 0.3 is 6.18 Å². The van der Waals surface area contributed by atoms with Crippen molar-refractivity contribution in [3.63, 3.8) is 0 Å². The van der Waals surface area contributed by atoms with Crippen LogP contribution in [0.25, 0.3) is 0 Å². The van der Waals surface area contributed by atoms with Crippen LogP contribution < -0.4 is 15.4 Å². The summed E-state index contributed by atoms with van der Waals surface area (Å²) in [5.74, 6) is -4.18. The van der Waals surface area contributed by atoms with Crippen LogP contribution in [0.3, 0.4) is 0 Å². The fraction of sp³-hybridized carbons (Fsp3) is 0.235. The topological polar surface area (TPSA) is 80.3 Å². The molecule has 0 saturated heterocycles. The lowest BCUT2D eigenvalue weighted by Crippen LogP contribution is -2.39. The summed E-state index contributed by atoms with van der Waals surface area (Å²) < 4.78 is 67.3. The first-order valence-electron chi connectivity index (χ1n) is 7.73. The highest BCUT2D eigenvalue weighted by Gasteiger charge is 2.29. The number of ether oxygens (including phenoxy) is 1. The maximum atomic E-state index is 13.4. The van der Waals surface area contributed by atoms with Gasteiger partial charge in [0.05, 0.1) is 5.56 Å². The zero-order valence-corrected chi connectivity index (χ0v) is 14.3. The minimum absolute atomic E-state index is 0.00955. The van der Waals surface area contributed by atoms with Gasteiger partial charge in [-0.1, -0.05) is 6.07 Å². The lowest BCUT2D eigenvalue weighted by molar-refractivity contribution is -0.154. The molecule has 0 aliphatic heterocycles. The number of nitrogens with zero attached hydrogens (tertiary/aromatic N) is 1. The van der Waals surface area contributed by atoms with Crippen LogP contribution in [0.5, 0.6) is 5.88 Å². The Balaban J connectivity index is 2.14. The Morgan fingerprint density at radius 3 is 2.39 bits per heavy atom. The minimum Gasteiger partial charge on any atom is -0.468 e. The second-order valence-corrected chi connectivity index (χ2v) is 5.48. The molecule has 2 aromatic rings. The SMILES string of the molecule is CNC(=O)C(NC(=O)c1ccc(OCC(F)(F)F)nc1)c1ccc(F)c(F)c1. The standard InChI is InChI=1S/C17H14F5N3O3/c1-23-16(27)14(9-2-4-11(18)12(19)6-9)25-15(26)10-3-5-13(24-7-10)28-8-17(20,21)22/h2-7,14H,8H2,1H3,(H,23,27)(H,25,26). The van der Waals surface area contributed by atoms with Gasteiger partial charge in [0.1, 0.15) is 6.04 Å². The van der Waals surface area contributed by atoms with E-state index in [0.717, 1.165) is 36.5 Å². The number of carbonyl (C=O) groups excluding carboxylic acids is 2. The van der Waals surface area contributed by atoms with E-state index < -0.39 is 42.3 Å². The quantitative estimate of drug-likeness (QED) is 0.727. The van der Waals surface area contributed by atoms with Gasteiger partial charge in [-0.15, -0.1) is 0 Å². The van der Waals surface area contributed by atoms with Gasteiger partial charge in [-0.05, 0) is 23.8 Å². The number of hydrogen-bond donors (Lipinski definition) is 2. The first kappa shape index (κ1) is 21.1. The van der Waals surface area contributed by atoms with Crippen molar-refractivity contribution in [2.24, 2.45) is 0 Å². The lowest BCUT2D eigenvalue weighted by Gasteiger charge is -2.18. The van der Waals surface area contributed by atoms with Gasteiger partial charge in [0.25, 0.3) is 5.91 Å². The molecule has 1 unspecified atom stereocenters. The van der Waals surface area contributed by atoms with Crippen molar-refractivity contribution in [3.8, 4) is 5.88 Å². The molecule has 1 atom stereocenters. The number of rotatable bonds is 6. The highest BCUT2D eigenvalue weighted by atomic mass is 19.4. The summed E-state index contributed by atoms with van der Waals surface area (Å²) in [6, 6.07) is 3.55. The van der Waals surface area contributed by atoms with Crippen molar-refractivity contribution < 1.29 is 36.3 Å². The Bertz CT molecular complexity index is 856. The molecule has 2 N–H and O–H groups in total. The van der Waals surface area contributed by atoms with Crippen LogP contribution in [0, 0.1) is 11.6 Å². The number of alkyl halides is 3. The molecule has 1 aromatic heterocycles. The summed E-state index contributed by atoms with van der Waals surface area (Å²) in [6.07, 6.45) is -3.59. The van der Waals surface area contributed by atoms with Crippen molar-refractivity contribution in [2.75, 3.05) is 13.7 Å². The molecule has 28 heavy (non-hydrogen) atoms. The summed E-state index contributed by atoms with van der Waals surface area (Å²) in [4.78, 5) is 27.9. The van der Waals surface area contributed by atoms with Crippen molar-refractivity contribution in [3.05, 3.63) is 59.3 Å². The average molecular weight is 403 g/mol. The van der Waals surface area contributed by atoms with Gasteiger partial charge in [0.15, 0.2) is 18.2 Å². The highest BCUT2D eigenvalue weighted by Crippen LogP contribution is 2.19. The number of likely N-dealkylation sites (N-methyl/N-ethyl adjacent to an activating group) is 1. The Hall–Kier alpha value is -3.24. The molecule has 11 heteroatoms. The van der Waals surface area contributed by atoms with E-state index >= 15 is 0 Å². The molecule has 1 heterocycles. The largest absolute Gasteiger partial charge is 0.468 e. The predicted octanol–water partition coefficient (Wildman–Crippen LogP) is 2.52. The smallest absolute Gasteiger partial charge is 0.422 e. The first-order valence-corrected chi connectivity index (χ1v) is 7.73. The molecule has 0 aliphatic rings. The average Bonchev–Trinajstić information content (AvgIpc) is 2.65. The Morgan fingerprint density at radius 1 is 1.14 bits per heavy atom. The zero-order chi connectivity index (χ0) is 20.9. The third-order valence-corrected chi connectivity index (χ3v) is 3.44. The van der Waals surface area contributed by atoms with Crippen LogP contribution in [0.15, 0.2) is 36.5 Å². The van der Waals surface area contributed by atoms with E-state index in [4.69, 9.17) is 0 Å². The third-order valence-electron chi connectivity index (χ3n) is 3.44. The lowest BCUT2D eigenvalue weighted by atomic mass is 10.1. The third kappa shape index (κ3) is 5.63. The van der Waals surface area contributed by atoms with Gasteiger partial charge in [0.2, 0.25) is 11.8 Å². The Kier molecular flexibility index (Phi) is 6.49. The molecule has 2 amide bonds. The van der Waals surface area contributed by atoms with Gasteiger partial charge < -0.3 is 15.4 Å². The molecular formula is C17H14F5N3O3. The van der Waals surface area contributed by atoms with E-state index in [1.54, 1.807) is 0 Å². The molecule has 0 bridgehead atoms. The van der Waals surface area contributed by atoms with Gasteiger partial charge in [-0.25, -0.2) is 13.8 Å². The fourth-order valence-corrected chi connectivity index (χ4v) is 2.11. The van der Waals surface area contributed by atoms with E-state index in [-0.39, 0.29) is 17.0 Å². The van der Waals surface area contributed by atoms with Crippen molar-refractivity contribution in [2.45, 2.75) is 12.2 Å². The summed E-state index contributed by atoms with van der Waals surface area (Å²) in [6.45, 7) is -1.54. The molecule has 0 aliphatic carbocycles. The molecular weight excluding hydrogens is 389 g/mol. The molecule has 0 fully saturated rings. The monoisotopic (exact) mass is 403 g/mol. The summed E-state index contributed by atoms with van der Waals surface area (Å²) >= 11 is 0. The van der Waals surface area contributed by atoms with Crippen molar-refractivity contribution in [1.29, 1.82) is 0 Å². The fourth-order valence-electron chi connectivity index (χ4n) is 2.11. The second-order valence-electron chi connectivity index (χ2n) is 5.48. The van der Waals surface area contributed by atoms with E-state index in [0.29, 0.717) is 0 Å². The minimum atomic E-state index is -4.54.